The Bertz CT molecular complexity index is 257. The average molecular weight is 282 g/mol. The van der Waals surface area contributed by atoms with Crippen LogP contribution in [-0.2, 0) is 0 Å². The SMILES string of the molecule is CCCNC(CN1CCN(CCN(C)C)CC1)C1CC1. The van der Waals surface area contributed by atoms with Gasteiger partial charge in [-0.05, 0) is 45.8 Å². The van der Waals surface area contributed by atoms with E-state index in [0.29, 0.717) is 0 Å². The van der Waals surface area contributed by atoms with Gasteiger partial charge in [-0.25, -0.2) is 0 Å². The second-order valence-electron chi connectivity index (χ2n) is 6.84. The quantitative estimate of drug-likeness (QED) is 0.679. The van der Waals surface area contributed by atoms with Gasteiger partial charge in [0.1, 0.15) is 0 Å². The molecule has 2 aliphatic rings. The first kappa shape index (κ1) is 16.2. The topological polar surface area (TPSA) is 21.8 Å². The predicted molar refractivity (Wildman–Crippen MR) is 86.2 cm³/mol. The third-order valence-electron chi connectivity index (χ3n) is 4.63. The number of piperazine rings is 1. The third-order valence-corrected chi connectivity index (χ3v) is 4.63. The summed E-state index contributed by atoms with van der Waals surface area (Å²) in [4.78, 5) is 7.57. The average Bonchev–Trinajstić information content (AvgIpc) is 3.27. The zero-order valence-corrected chi connectivity index (χ0v) is 13.8. The van der Waals surface area contributed by atoms with Crippen molar-refractivity contribution in [2.24, 2.45) is 5.92 Å². The van der Waals surface area contributed by atoms with Gasteiger partial charge in [-0.1, -0.05) is 6.92 Å². The molecule has 0 spiro atoms. The molecule has 0 aromatic heterocycles. The van der Waals surface area contributed by atoms with Gasteiger partial charge in [-0.15, -0.1) is 0 Å². The molecule has 1 aliphatic carbocycles. The number of hydrogen-bond acceptors (Lipinski definition) is 4. The highest BCUT2D eigenvalue weighted by atomic mass is 15.3. The van der Waals surface area contributed by atoms with Gasteiger partial charge < -0.3 is 10.2 Å². The van der Waals surface area contributed by atoms with Crippen molar-refractivity contribution in [3.05, 3.63) is 0 Å². The maximum Gasteiger partial charge on any atom is 0.0223 e. The Morgan fingerprint density at radius 2 is 1.75 bits per heavy atom. The minimum Gasteiger partial charge on any atom is -0.312 e. The first-order valence-electron chi connectivity index (χ1n) is 8.52. The largest absolute Gasteiger partial charge is 0.312 e. The molecule has 1 saturated carbocycles. The third kappa shape index (κ3) is 5.68. The maximum atomic E-state index is 3.77. The molecule has 1 unspecified atom stereocenters. The zero-order valence-electron chi connectivity index (χ0n) is 13.8. The maximum absolute atomic E-state index is 3.77. The highest BCUT2D eigenvalue weighted by Crippen LogP contribution is 2.33. The second kappa shape index (κ2) is 8.32. The molecule has 20 heavy (non-hydrogen) atoms. The van der Waals surface area contributed by atoms with Gasteiger partial charge in [0.05, 0.1) is 0 Å². The molecule has 1 heterocycles. The van der Waals surface area contributed by atoms with E-state index in [1.807, 2.05) is 0 Å². The van der Waals surface area contributed by atoms with Crippen LogP contribution in [0.1, 0.15) is 26.2 Å². The molecule has 2 fully saturated rings. The first-order chi connectivity index (χ1) is 9.69. The molecule has 118 valence electrons. The summed E-state index contributed by atoms with van der Waals surface area (Å²) in [6, 6.07) is 0.753. The minimum absolute atomic E-state index is 0.753. The van der Waals surface area contributed by atoms with E-state index in [-0.39, 0.29) is 0 Å². The molecule has 0 aromatic rings. The van der Waals surface area contributed by atoms with Gasteiger partial charge in [0, 0.05) is 51.9 Å². The molecule has 1 aliphatic heterocycles. The number of nitrogens with zero attached hydrogens (tertiary/aromatic N) is 3. The minimum atomic E-state index is 0.753. The van der Waals surface area contributed by atoms with E-state index in [9.17, 15) is 0 Å². The van der Waals surface area contributed by atoms with Crippen LogP contribution in [0.3, 0.4) is 0 Å². The lowest BCUT2D eigenvalue weighted by molar-refractivity contribution is 0.114. The Kier molecular flexibility index (Phi) is 6.75. The summed E-state index contributed by atoms with van der Waals surface area (Å²) in [5.41, 5.74) is 0. The molecule has 0 aromatic carbocycles. The monoisotopic (exact) mass is 282 g/mol. The molecule has 0 bridgehead atoms. The smallest absolute Gasteiger partial charge is 0.0223 e. The van der Waals surface area contributed by atoms with E-state index in [1.54, 1.807) is 0 Å². The predicted octanol–water partition coefficient (Wildman–Crippen LogP) is 0.944. The Labute approximate surface area is 125 Å². The van der Waals surface area contributed by atoms with Crippen molar-refractivity contribution < 1.29 is 0 Å². The Balaban J connectivity index is 1.64. The number of rotatable bonds is 9. The number of nitrogens with one attached hydrogen (secondary N) is 1. The summed E-state index contributed by atoms with van der Waals surface area (Å²) in [6.07, 6.45) is 4.15. The van der Waals surface area contributed by atoms with E-state index >= 15 is 0 Å². The molecule has 4 nitrogen and oxygen atoms in total. The second-order valence-corrected chi connectivity index (χ2v) is 6.84. The lowest BCUT2D eigenvalue weighted by Gasteiger charge is -2.37. The summed E-state index contributed by atoms with van der Waals surface area (Å²) in [5.74, 6) is 0.966. The molecule has 1 saturated heterocycles. The van der Waals surface area contributed by atoms with Crippen LogP contribution in [0, 0.1) is 5.92 Å². The Hall–Kier alpha value is -0.160. The summed E-state index contributed by atoms with van der Waals surface area (Å²) in [5, 5.41) is 3.77. The molecular formula is C16H34N4. The van der Waals surface area contributed by atoms with Crippen molar-refractivity contribution >= 4 is 0 Å². The highest BCUT2D eigenvalue weighted by Gasteiger charge is 2.32. The number of likely N-dealkylation sites (N-methyl/N-ethyl adjacent to an activating group) is 1. The lowest BCUT2D eigenvalue weighted by Crippen LogP contribution is -2.52. The molecule has 1 N–H and O–H groups in total. The normalized spacial score (nSPS) is 23.4. The van der Waals surface area contributed by atoms with Crippen molar-refractivity contribution in [1.29, 1.82) is 0 Å². The molecule has 1 atom stereocenters. The Morgan fingerprint density at radius 1 is 1.10 bits per heavy atom. The van der Waals surface area contributed by atoms with E-state index in [1.165, 1.54) is 71.6 Å². The van der Waals surface area contributed by atoms with Gasteiger partial charge in [0.25, 0.3) is 0 Å². The fourth-order valence-corrected chi connectivity index (χ4v) is 3.02. The van der Waals surface area contributed by atoms with E-state index in [2.05, 4.69) is 41.0 Å². The van der Waals surface area contributed by atoms with Crippen LogP contribution in [0.25, 0.3) is 0 Å². The molecule has 4 heteroatoms. The standard InChI is InChI=1S/C16H34N4/c1-4-7-17-16(15-5-6-15)14-20-12-10-19(11-13-20)9-8-18(2)3/h15-17H,4-14H2,1-3H3. The van der Waals surface area contributed by atoms with Crippen molar-refractivity contribution in [1.82, 2.24) is 20.0 Å². The van der Waals surface area contributed by atoms with Crippen molar-refractivity contribution in [2.75, 3.05) is 66.5 Å². The highest BCUT2D eigenvalue weighted by molar-refractivity contribution is 4.89. The lowest BCUT2D eigenvalue weighted by atomic mass is 10.1. The van der Waals surface area contributed by atoms with Crippen LogP contribution < -0.4 is 5.32 Å². The van der Waals surface area contributed by atoms with Gasteiger partial charge in [-0.3, -0.25) is 9.80 Å². The number of hydrogen-bond donors (Lipinski definition) is 1. The van der Waals surface area contributed by atoms with E-state index in [4.69, 9.17) is 0 Å². The van der Waals surface area contributed by atoms with E-state index in [0.717, 1.165) is 12.0 Å². The fourth-order valence-electron chi connectivity index (χ4n) is 3.02. The Morgan fingerprint density at radius 3 is 2.30 bits per heavy atom. The summed E-state index contributed by atoms with van der Waals surface area (Å²) < 4.78 is 0. The van der Waals surface area contributed by atoms with Crippen molar-refractivity contribution in [2.45, 2.75) is 32.2 Å². The summed E-state index contributed by atoms with van der Waals surface area (Å²) in [6.45, 7) is 12.1. The van der Waals surface area contributed by atoms with E-state index < -0.39 is 0 Å². The van der Waals surface area contributed by atoms with Crippen LogP contribution in [0.4, 0.5) is 0 Å². The van der Waals surface area contributed by atoms with Gasteiger partial charge >= 0.3 is 0 Å². The zero-order chi connectivity index (χ0) is 14.4. The fraction of sp³-hybridized carbons (Fsp3) is 1.00. The molecule has 0 radical (unpaired) electrons. The van der Waals surface area contributed by atoms with Crippen molar-refractivity contribution in [3.63, 3.8) is 0 Å². The molecule has 2 rings (SSSR count). The first-order valence-corrected chi connectivity index (χ1v) is 8.52. The summed E-state index contributed by atoms with van der Waals surface area (Å²) >= 11 is 0. The van der Waals surface area contributed by atoms with Gasteiger partial charge in [0.2, 0.25) is 0 Å². The molecule has 0 amide bonds. The van der Waals surface area contributed by atoms with Crippen LogP contribution >= 0.6 is 0 Å². The van der Waals surface area contributed by atoms with Crippen LogP contribution in [0.15, 0.2) is 0 Å². The van der Waals surface area contributed by atoms with Gasteiger partial charge in [0.15, 0.2) is 0 Å². The van der Waals surface area contributed by atoms with Crippen LogP contribution in [0.2, 0.25) is 0 Å². The van der Waals surface area contributed by atoms with Crippen LogP contribution in [0.5, 0.6) is 0 Å². The summed E-state index contributed by atoms with van der Waals surface area (Å²) in [7, 11) is 4.33. The van der Waals surface area contributed by atoms with Crippen molar-refractivity contribution in [3.8, 4) is 0 Å². The van der Waals surface area contributed by atoms with Gasteiger partial charge in [-0.2, -0.15) is 0 Å². The van der Waals surface area contributed by atoms with Crippen LogP contribution in [-0.4, -0.2) is 87.2 Å². The molecular weight excluding hydrogens is 248 g/mol.